The maximum absolute atomic E-state index is 11.6. The molecule has 0 heterocycles. The van der Waals surface area contributed by atoms with Gasteiger partial charge in [0, 0.05) is 9.61 Å². The number of rotatable bonds is 6. The number of halogens is 1. The number of nitrogens with one attached hydrogen (secondary N) is 1. The first-order valence-corrected chi connectivity index (χ1v) is 8.05. The molecule has 1 fully saturated rings. The Morgan fingerprint density at radius 2 is 1.81 bits per heavy atom. The molecule has 0 atom stereocenters. The third kappa shape index (κ3) is 5.91. The van der Waals surface area contributed by atoms with E-state index in [0.29, 0.717) is 5.75 Å². The molecule has 21 heavy (non-hydrogen) atoms. The molecule has 0 spiro atoms. The van der Waals surface area contributed by atoms with Crippen LogP contribution in [0.15, 0.2) is 24.3 Å². The summed E-state index contributed by atoms with van der Waals surface area (Å²) < 4.78 is 11.3. The van der Waals surface area contributed by atoms with E-state index in [2.05, 4.69) is 27.9 Å². The highest BCUT2D eigenvalue weighted by Gasteiger charge is 2.17. The van der Waals surface area contributed by atoms with Crippen molar-refractivity contribution in [3.8, 4) is 5.75 Å². The van der Waals surface area contributed by atoms with Gasteiger partial charge in [-0.1, -0.05) is 12.8 Å². The minimum absolute atomic E-state index is 0.197. The second-order valence-corrected chi connectivity index (χ2v) is 6.20. The molecule has 0 aromatic heterocycles. The molecule has 0 aliphatic heterocycles. The smallest absolute Gasteiger partial charge is 0.344 e. The molecule has 0 radical (unpaired) electrons. The van der Waals surface area contributed by atoms with Gasteiger partial charge in [0.2, 0.25) is 0 Å². The van der Waals surface area contributed by atoms with Gasteiger partial charge in [-0.15, -0.1) is 0 Å². The minimum atomic E-state index is -0.546. The lowest BCUT2D eigenvalue weighted by atomic mass is 10.2. The first-order valence-electron chi connectivity index (χ1n) is 6.97. The van der Waals surface area contributed by atoms with Gasteiger partial charge in [0.05, 0.1) is 0 Å². The standard InChI is InChI=1S/C15H18INO4/c16-11-5-7-13(8-6-11)20-10-15(19)21-9-14(18)17-12-3-1-2-4-12/h5-8,12H,1-4,9-10H2,(H,17,18). The summed E-state index contributed by atoms with van der Waals surface area (Å²) in [6, 6.07) is 7.57. The second-order valence-electron chi connectivity index (χ2n) is 4.95. The first kappa shape index (κ1) is 16.1. The summed E-state index contributed by atoms with van der Waals surface area (Å²) in [4.78, 5) is 23.1. The average molecular weight is 403 g/mol. The van der Waals surface area contributed by atoms with Crippen LogP contribution in [0.25, 0.3) is 0 Å². The van der Waals surface area contributed by atoms with Crippen LogP contribution in [0.2, 0.25) is 0 Å². The molecule has 1 saturated carbocycles. The Bertz CT molecular complexity index is 483. The summed E-state index contributed by atoms with van der Waals surface area (Å²) in [5, 5.41) is 2.86. The summed E-state index contributed by atoms with van der Waals surface area (Å²) >= 11 is 2.19. The van der Waals surface area contributed by atoms with Gasteiger partial charge < -0.3 is 14.8 Å². The van der Waals surface area contributed by atoms with E-state index >= 15 is 0 Å². The van der Waals surface area contributed by atoms with Crippen molar-refractivity contribution in [3.63, 3.8) is 0 Å². The molecule has 1 aromatic carbocycles. The van der Waals surface area contributed by atoms with E-state index in [9.17, 15) is 9.59 Å². The Hall–Kier alpha value is -1.31. The van der Waals surface area contributed by atoms with Crippen LogP contribution in [-0.4, -0.2) is 31.1 Å². The molecule has 114 valence electrons. The molecule has 1 aliphatic carbocycles. The molecule has 1 aromatic rings. The number of carbonyl (C=O) groups excluding carboxylic acids is 2. The molecular formula is C15H18INO4. The zero-order valence-corrected chi connectivity index (χ0v) is 13.8. The van der Waals surface area contributed by atoms with Gasteiger partial charge in [-0.2, -0.15) is 0 Å². The van der Waals surface area contributed by atoms with Crippen molar-refractivity contribution in [1.29, 1.82) is 0 Å². The lowest BCUT2D eigenvalue weighted by Crippen LogP contribution is -2.36. The number of hydrogen-bond donors (Lipinski definition) is 1. The van der Waals surface area contributed by atoms with Crippen LogP contribution < -0.4 is 10.1 Å². The SMILES string of the molecule is O=C(COC(=O)COc1ccc(I)cc1)NC1CCCC1. The largest absolute Gasteiger partial charge is 0.482 e. The van der Waals surface area contributed by atoms with Gasteiger partial charge >= 0.3 is 5.97 Å². The van der Waals surface area contributed by atoms with Crippen molar-refractivity contribution in [3.05, 3.63) is 27.8 Å². The van der Waals surface area contributed by atoms with Crippen LogP contribution in [0.4, 0.5) is 0 Å². The normalized spacial score (nSPS) is 14.7. The number of ether oxygens (including phenoxy) is 2. The number of benzene rings is 1. The fourth-order valence-electron chi connectivity index (χ4n) is 2.20. The highest BCUT2D eigenvalue weighted by atomic mass is 127. The molecule has 1 amide bonds. The Labute approximate surface area is 137 Å². The van der Waals surface area contributed by atoms with Gasteiger partial charge in [0.15, 0.2) is 13.2 Å². The zero-order valence-electron chi connectivity index (χ0n) is 11.6. The molecule has 2 rings (SSSR count). The van der Waals surface area contributed by atoms with Crippen molar-refractivity contribution >= 4 is 34.5 Å². The van der Waals surface area contributed by atoms with Crippen LogP contribution in [0.1, 0.15) is 25.7 Å². The number of esters is 1. The van der Waals surface area contributed by atoms with Crippen molar-refractivity contribution in [1.82, 2.24) is 5.32 Å². The van der Waals surface area contributed by atoms with Crippen molar-refractivity contribution in [2.24, 2.45) is 0 Å². The molecule has 0 bridgehead atoms. The van der Waals surface area contributed by atoms with Crippen LogP contribution in [0.3, 0.4) is 0 Å². The van der Waals surface area contributed by atoms with Crippen LogP contribution in [-0.2, 0) is 14.3 Å². The molecular weight excluding hydrogens is 385 g/mol. The molecule has 0 unspecified atom stereocenters. The molecule has 1 N–H and O–H groups in total. The number of hydrogen-bond acceptors (Lipinski definition) is 4. The predicted octanol–water partition coefficient (Wildman–Crippen LogP) is 2.27. The lowest BCUT2D eigenvalue weighted by molar-refractivity contribution is -0.150. The van der Waals surface area contributed by atoms with Crippen LogP contribution in [0.5, 0.6) is 5.75 Å². The maximum atomic E-state index is 11.6. The Morgan fingerprint density at radius 1 is 1.14 bits per heavy atom. The van der Waals surface area contributed by atoms with Crippen molar-refractivity contribution in [2.75, 3.05) is 13.2 Å². The lowest BCUT2D eigenvalue weighted by Gasteiger charge is -2.12. The highest BCUT2D eigenvalue weighted by Crippen LogP contribution is 2.17. The topological polar surface area (TPSA) is 64.6 Å². The fraction of sp³-hybridized carbons (Fsp3) is 0.467. The fourth-order valence-corrected chi connectivity index (χ4v) is 2.56. The number of amides is 1. The van der Waals surface area contributed by atoms with E-state index in [0.717, 1.165) is 29.3 Å². The summed E-state index contributed by atoms with van der Waals surface area (Å²) in [6.07, 6.45) is 4.31. The van der Waals surface area contributed by atoms with Crippen LogP contribution >= 0.6 is 22.6 Å². The third-order valence-electron chi connectivity index (χ3n) is 3.25. The molecule has 1 aliphatic rings. The van der Waals surface area contributed by atoms with E-state index in [-0.39, 0.29) is 25.2 Å². The number of carbonyl (C=O) groups is 2. The quantitative estimate of drug-likeness (QED) is 0.585. The summed E-state index contributed by atoms with van der Waals surface area (Å²) in [5.41, 5.74) is 0. The molecule has 0 saturated heterocycles. The summed E-state index contributed by atoms with van der Waals surface area (Å²) in [6.45, 7) is -0.442. The van der Waals surface area contributed by atoms with Crippen LogP contribution in [0, 0.1) is 3.57 Å². The van der Waals surface area contributed by atoms with Gasteiger partial charge in [-0.25, -0.2) is 4.79 Å². The zero-order chi connectivity index (χ0) is 15.1. The Balaban J connectivity index is 1.62. The first-order chi connectivity index (χ1) is 10.1. The second kappa shape index (κ2) is 8.21. The van der Waals surface area contributed by atoms with Crippen molar-refractivity contribution < 1.29 is 19.1 Å². The van der Waals surface area contributed by atoms with Gasteiger partial charge in [-0.3, -0.25) is 4.79 Å². The molecule has 6 heteroatoms. The third-order valence-corrected chi connectivity index (χ3v) is 3.97. The van der Waals surface area contributed by atoms with E-state index in [1.54, 1.807) is 12.1 Å². The highest BCUT2D eigenvalue weighted by molar-refractivity contribution is 14.1. The van der Waals surface area contributed by atoms with Crippen molar-refractivity contribution in [2.45, 2.75) is 31.7 Å². The predicted molar refractivity (Wildman–Crippen MR) is 86.0 cm³/mol. The minimum Gasteiger partial charge on any atom is -0.482 e. The molecule has 5 nitrogen and oxygen atoms in total. The summed E-state index contributed by atoms with van der Waals surface area (Å²) in [5.74, 6) is -0.192. The van der Waals surface area contributed by atoms with E-state index < -0.39 is 5.97 Å². The Morgan fingerprint density at radius 3 is 2.48 bits per heavy atom. The van der Waals surface area contributed by atoms with Gasteiger partial charge in [-0.05, 0) is 59.7 Å². The van der Waals surface area contributed by atoms with E-state index in [1.165, 1.54) is 0 Å². The van der Waals surface area contributed by atoms with E-state index in [4.69, 9.17) is 9.47 Å². The van der Waals surface area contributed by atoms with Gasteiger partial charge in [0.1, 0.15) is 5.75 Å². The van der Waals surface area contributed by atoms with E-state index in [1.807, 2.05) is 12.1 Å². The Kier molecular flexibility index (Phi) is 6.28. The average Bonchev–Trinajstić information content (AvgIpc) is 2.97. The monoisotopic (exact) mass is 403 g/mol. The maximum Gasteiger partial charge on any atom is 0.344 e. The van der Waals surface area contributed by atoms with Gasteiger partial charge in [0.25, 0.3) is 5.91 Å². The summed E-state index contributed by atoms with van der Waals surface area (Å²) in [7, 11) is 0.